The maximum atomic E-state index is 12.0. The average Bonchev–Trinajstić information content (AvgIpc) is 2.84. The van der Waals surface area contributed by atoms with E-state index in [4.69, 9.17) is 0 Å². The molecular formula is C15H19N3O. The number of nitrogens with zero attached hydrogens (tertiary/aromatic N) is 2. The van der Waals surface area contributed by atoms with Gasteiger partial charge >= 0.3 is 0 Å². The molecule has 0 saturated carbocycles. The van der Waals surface area contributed by atoms with Crippen LogP contribution in [0.1, 0.15) is 28.5 Å². The molecule has 1 aromatic heterocycles. The SMILES string of the molecule is CCc1cccc(C(=O)NCCc2cn(C)cn2)c1. The molecule has 4 heteroatoms. The largest absolute Gasteiger partial charge is 0.352 e. The van der Waals surface area contributed by atoms with E-state index in [1.165, 1.54) is 5.56 Å². The normalized spacial score (nSPS) is 10.4. The second-order valence-electron chi connectivity index (χ2n) is 4.59. The molecule has 0 fully saturated rings. The van der Waals surface area contributed by atoms with Gasteiger partial charge in [-0.2, -0.15) is 0 Å². The molecule has 4 nitrogen and oxygen atoms in total. The Morgan fingerprint density at radius 3 is 2.95 bits per heavy atom. The molecule has 1 aromatic carbocycles. The van der Waals surface area contributed by atoms with E-state index < -0.39 is 0 Å². The molecular weight excluding hydrogens is 238 g/mol. The fraction of sp³-hybridized carbons (Fsp3) is 0.333. The van der Waals surface area contributed by atoms with Gasteiger partial charge in [-0.05, 0) is 24.1 Å². The molecule has 2 rings (SSSR count). The molecule has 0 bridgehead atoms. The summed E-state index contributed by atoms with van der Waals surface area (Å²) in [6.45, 7) is 2.68. The number of benzene rings is 1. The summed E-state index contributed by atoms with van der Waals surface area (Å²) in [4.78, 5) is 16.2. The van der Waals surface area contributed by atoms with Gasteiger partial charge in [0.2, 0.25) is 0 Å². The van der Waals surface area contributed by atoms with Crippen molar-refractivity contribution in [2.24, 2.45) is 7.05 Å². The number of imidazole rings is 1. The van der Waals surface area contributed by atoms with E-state index in [1.807, 2.05) is 42.1 Å². The Labute approximate surface area is 113 Å². The predicted octanol–water partition coefficient (Wildman–Crippen LogP) is 1.96. The Hall–Kier alpha value is -2.10. The number of hydrogen-bond acceptors (Lipinski definition) is 2. The molecule has 0 saturated heterocycles. The molecule has 2 aromatic rings. The molecule has 0 aliphatic carbocycles. The van der Waals surface area contributed by atoms with E-state index in [1.54, 1.807) is 6.33 Å². The monoisotopic (exact) mass is 257 g/mol. The number of carbonyl (C=O) groups is 1. The quantitative estimate of drug-likeness (QED) is 0.890. The fourth-order valence-electron chi connectivity index (χ4n) is 1.93. The smallest absolute Gasteiger partial charge is 0.251 e. The molecule has 0 aliphatic heterocycles. The van der Waals surface area contributed by atoms with E-state index in [-0.39, 0.29) is 5.91 Å². The summed E-state index contributed by atoms with van der Waals surface area (Å²) >= 11 is 0. The minimum absolute atomic E-state index is 0.0220. The highest BCUT2D eigenvalue weighted by Crippen LogP contribution is 2.05. The van der Waals surface area contributed by atoms with Gasteiger partial charge in [-0.25, -0.2) is 4.98 Å². The highest BCUT2D eigenvalue weighted by Gasteiger charge is 2.05. The van der Waals surface area contributed by atoms with E-state index in [2.05, 4.69) is 17.2 Å². The summed E-state index contributed by atoms with van der Waals surface area (Å²) in [6, 6.07) is 7.74. The lowest BCUT2D eigenvalue weighted by Crippen LogP contribution is -2.25. The molecule has 19 heavy (non-hydrogen) atoms. The van der Waals surface area contributed by atoms with Crippen LogP contribution in [0.5, 0.6) is 0 Å². The van der Waals surface area contributed by atoms with Crippen LogP contribution in [0.3, 0.4) is 0 Å². The number of rotatable bonds is 5. The van der Waals surface area contributed by atoms with Gasteiger partial charge in [0.15, 0.2) is 0 Å². The Morgan fingerprint density at radius 2 is 2.26 bits per heavy atom. The predicted molar refractivity (Wildman–Crippen MR) is 75.1 cm³/mol. The zero-order valence-electron chi connectivity index (χ0n) is 11.4. The summed E-state index contributed by atoms with van der Waals surface area (Å²) in [7, 11) is 1.94. The first-order valence-electron chi connectivity index (χ1n) is 6.53. The summed E-state index contributed by atoms with van der Waals surface area (Å²) < 4.78 is 1.90. The molecule has 0 aliphatic rings. The Kier molecular flexibility index (Phi) is 4.34. The maximum Gasteiger partial charge on any atom is 0.251 e. The van der Waals surface area contributed by atoms with Gasteiger partial charge in [-0.1, -0.05) is 19.1 Å². The van der Waals surface area contributed by atoms with Crippen LogP contribution in [0, 0.1) is 0 Å². The van der Waals surface area contributed by atoms with Crippen molar-refractivity contribution in [3.8, 4) is 0 Å². The van der Waals surface area contributed by atoms with Crippen LogP contribution in [-0.2, 0) is 19.9 Å². The standard InChI is InChI=1S/C15H19N3O/c1-3-12-5-4-6-13(9-12)15(19)16-8-7-14-10-18(2)11-17-14/h4-6,9-11H,3,7-8H2,1-2H3,(H,16,19). The lowest BCUT2D eigenvalue weighted by atomic mass is 10.1. The van der Waals surface area contributed by atoms with E-state index in [0.29, 0.717) is 6.54 Å². The van der Waals surface area contributed by atoms with Crippen LogP contribution in [0.15, 0.2) is 36.8 Å². The van der Waals surface area contributed by atoms with Gasteiger partial charge in [0.05, 0.1) is 12.0 Å². The van der Waals surface area contributed by atoms with Crippen LogP contribution < -0.4 is 5.32 Å². The Balaban J connectivity index is 1.87. The number of amides is 1. The van der Waals surface area contributed by atoms with Crippen molar-refractivity contribution >= 4 is 5.91 Å². The lowest BCUT2D eigenvalue weighted by Gasteiger charge is -2.05. The molecule has 0 spiro atoms. The van der Waals surface area contributed by atoms with E-state index >= 15 is 0 Å². The van der Waals surface area contributed by atoms with Crippen molar-refractivity contribution in [3.63, 3.8) is 0 Å². The van der Waals surface area contributed by atoms with Gasteiger partial charge in [0, 0.05) is 31.8 Å². The van der Waals surface area contributed by atoms with Crippen molar-refractivity contribution in [2.75, 3.05) is 6.54 Å². The van der Waals surface area contributed by atoms with Crippen LogP contribution in [0.25, 0.3) is 0 Å². The molecule has 0 radical (unpaired) electrons. The summed E-state index contributed by atoms with van der Waals surface area (Å²) in [5.74, 6) is -0.0220. The van der Waals surface area contributed by atoms with Gasteiger partial charge in [0.1, 0.15) is 0 Å². The number of aromatic nitrogens is 2. The second-order valence-corrected chi connectivity index (χ2v) is 4.59. The molecule has 100 valence electrons. The summed E-state index contributed by atoms with van der Waals surface area (Å²) in [5.41, 5.74) is 2.89. The maximum absolute atomic E-state index is 12.0. The van der Waals surface area contributed by atoms with Crippen LogP contribution >= 0.6 is 0 Å². The molecule has 1 N–H and O–H groups in total. The first-order chi connectivity index (χ1) is 9.19. The average molecular weight is 257 g/mol. The topological polar surface area (TPSA) is 46.9 Å². The van der Waals surface area contributed by atoms with Gasteiger partial charge in [0.25, 0.3) is 5.91 Å². The molecule has 1 amide bonds. The fourth-order valence-corrected chi connectivity index (χ4v) is 1.93. The van der Waals surface area contributed by atoms with Crippen molar-refractivity contribution < 1.29 is 4.79 Å². The molecule has 0 unspecified atom stereocenters. The zero-order chi connectivity index (χ0) is 13.7. The number of hydrogen-bond donors (Lipinski definition) is 1. The van der Waals surface area contributed by atoms with Crippen LogP contribution in [0.2, 0.25) is 0 Å². The van der Waals surface area contributed by atoms with Crippen LogP contribution in [-0.4, -0.2) is 22.0 Å². The van der Waals surface area contributed by atoms with E-state index in [9.17, 15) is 4.79 Å². The first-order valence-corrected chi connectivity index (χ1v) is 6.53. The summed E-state index contributed by atoms with van der Waals surface area (Å²) in [6.07, 6.45) is 5.42. The third-order valence-corrected chi connectivity index (χ3v) is 3.02. The Morgan fingerprint density at radius 1 is 1.42 bits per heavy atom. The minimum atomic E-state index is -0.0220. The van der Waals surface area contributed by atoms with E-state index in [0.717, 1.165) is 24.1 Å². The highest BCUT2D eigenvalue weighted by molar-refractivity contribution is 5.94. The molecule has 0 atom stereocenters. The third kappa shape index (κ3) is 3.68. The highest BCUT2D eigenvalue weighted by atomic mass is 16.1. The zero-order valence-corrected chi connectivity index (χ0v) is 11.4. The number of nitrogens with one attached hydrogen (secondary N) is 1. The van der Waals surface area contributed by atoms with Crippen LogP contribution in [0.4, 0.5) is 0 Å². The van der Waals surface area contributed by atoms with Crippen molar-refractivity contribution in [1.29, 1.82) is 0 Å². The number of aryl methyl sites for hydroxylation is 2. The minimum Gasteiger partial charge on any atom is -0.352 e. The lowest BCUT2D eigenvalue weighted by molar-refractivity contribution is 0.0954. The second kappa shape index (κ2) is 6.18. The van der Waals surface area contributed by atoms with Gasteiger partial charge in [-0.15, -0.1) is 0 Å². The third-order valence-electron chi connectivity index (χ3n) is 3.02. The molecule has 1 heterocycles. The van der Waals surface area contributed by atoms with Crippen molar-refractivity contribution in [2.45, 2.75) is 19.8 Å². The first kappa shape index (κ1) is 13.3. The van der Waals surface area contributed by atoms with Crippen molar-refractivity contribution in [1.82, 2.24) is 14.9 Å². The van der Waals surface area contributed by atoms with Crippen molar-refractivity contribution in [3.05, 3.63) is 53.6 Å². The van der Waals surface area contributed by atoms with Gasteiger partial charge < -0.3 is 9.88 Å². The summed E-state index contributed by atoms with van der Waals surface area (Å²) in [5, 5.41) is 2.92. The van der Waals surface area contributed by atoms with Gasteiger partial charge in [-0.3, -0.25) is 4.79 Å². The Bertz CT molecular complexity index is 560. The number of carbonyl (C=O) groups excluding carboxylic acids is 1.